The fourth-order valence-electron chi connectivity index (χ4n) is 2.88. The van der Waals surface area contributed by atoms with E-state index in [1.807, 2.05) is 30.5 Å². The first-order chi connectivity index (χ1) is 8.63. The number of rotatable bonds is 3. The van der Waals surface area contributed by atoms with Crippen LogP contribution in [0.4, 0.5) is 0 Å². The second-order valence-corrected chi connectivity index (χ2v) is 6.34. The lowest BCUT2D eigenvalue weighted by molar-refractivity contribution is -0.153. The normalized spacial score (nSPS) is 25.1. The van der Waals surface area contributed by atoms with Crippen molar-refractivity contribution in [2.24, 2.45) is 0 Å². The van der Waals surface area contributed by atoms with Crippen LogP contribution in [-0.2, 0) is 9.59 Å². The van der Waals surface area contributed by atoms with Gasteiger partial charge in [0.05, 0.1) is 6.54 Å². The van der Waals surface area contributed by atoms with Gasteiger partial charge in [-0.2, -0.15) is 11.8 Å². The molecule has 0 aromatic heterocycles. The molecule has 0 spiro atoms. The quantitative estimate of drug-likeness (QED) is 0.843. The Morgan fingerprint density at radius 1 is 1.28 bits per heavy atom. The molecule has 5 heteroatoms. The van der Waals surface area contributed by atoms with E-state index in [1.54, 1.807) is 0 Å². The second kappa shape index (κ2) is 5.51. The fraction of sp³-hybridized carbons (Fsp3) is 0.846. The largest absolute Gasteiger partial charge is 0.340 e. The van der Waals surface area contributed by atoms with E-state index in [0.717, 1.165) is 24.3 Å². The van der Waals surface area contributed by atoms with Crippen LogP contribution >= 0.6 is 11.8 Å². The lowest BCUT2D eigenvalue weighted by Gasteiger charge is -2.45. The van der Waals surface area contributed by atoms with Gasteiger partial charge < -0.3 is 10.2 Å². The number of hydrogen-bond acceptors (Lipinski definition) is 3. The number of piperazine rings is 1. The smallest absolute Gasteiger partial charge is 0.249 e. The van der Waals surface area contributed by atoms with E-state index in [2.05, 4.69) is 5.32 Å². The van der Waals surface area contributed by atoms with Gasteiger partial charge in [0.25, 0.3) is 0 Å². The highest BCUT2D eigenvalue weighted by Crippen LogP contribution is 2.28. The molecule has 2 aliphatic rings. The molecule has 2 aliphatic heterocycles. The van der Waals surface area contributed by atoms with Crippen LogP contribution < -0.4 is 5.32 Å². The predicted molar refractivity (Wildman–Crippen MR) is 73.5 cm³/mol. The highest BCUT2D eigenvalue weighted by molar-refractivity contribution is 7.99. The Bertz CT molecular complexity index is 336. The molecule has 4 nitrogen and oxygen atoms in total. The van der Waals surface area contributed by atoms with Gasteiger partial charge in [-0.15, -0.1) is 0 Å². The number of nitrogens with one attached hydrogen (secondary N) is 1. The van der Waals surface area contributed by atoms with Crippen molar-refractivity contribution in [1.82, 2.24) is 10.2 Å². The van der Waals surface area contributed by atoms with Gasteiger partial charge in [-0.3, -0.25) is 9.59 Å². The van der Waals surface area contributed by atoms with Crippen molar-refractivity contribution in [3.8, 4) is 0 Å². The minimum Gasteiger partial charge on any atom is -0.340 e. The van der Waals surface area contributed by atoms with E-state index in [-0.39, 0.29) is 24.4 Å². The van der Waals surface area contributed by atoms with E-state index < -0.39 is 5.54 Å². The SMILES string of the molecule is CCC1(CC)NC(=O)CN(C2CCSCC2)C1=O. The molecule has 2 saturated heterocycles. The highest BCUT2D eigenvalue weighted by Gasteiger charge is 2.46. The van der Waals surface area contributed by atoms with Crippen molar-refractivity contribution in [1.29, 1.82) is 0 Å². The number of amides is 2. The van der Waals surface area contributed by atoms with Gasteiger partial charge >= 0.3 is 0 Å². The molecule has 2 rings (SSSR count). The van der Waals surface area contributed by atoms with Crippen LogP contribution in [0.5, 0.6) is 0 Å². The minimum absolute atomic E-state index is 0.00322. The van der Waals surface area contributed by atoms with Crippen LogP contribution in [0.3, 0.4) is 0 Å². The summed E-state index contributed by atoms with van der Waals surface area (Å²) in [6, 6.07) is 0.266. The van der Waals surface area contributed by atoms with Gasteiger partial charge in [-0.1, -0.05) is 13.8 Å². The van der Waals surface area contributed by atoms with Gasteiger partial charge in [-0.05, 0) is 37.2 Å². The molecule has 2 heterocycles. The molecule has 0 aromatic carbocycles. The molecule has 0 aromatic rings. The van der Waals surface area contributed by atoms with Crippen LogP contribution in [0.25, 0.3) is 0 Å². The number of thioether (sulfide) groups is 1. The number of hydrogen-bond donors (Lipinski definition) is 1. The van der Waals surface area contributed by atoms with E-state index in [1.165, 1.54) is 0 Å². The Morgan fingerprint density at radius 3 is 2.44 bits per heavy atom. The monoisotopic (exact) mass is 270 g/mol. The molecule has 0 bridgehead atoms. The average molecular weight is 270 g/mol. The van der Waals surface area contributed by atoms with Crippen molar-refractivity contribution in [2.75, 3.05) is 18.1 Å². The summed E-state index contributed by atoms with van der Waals surface area (Å²) in [5.74, 6) is 2.32. The molecule has 0 aliphatic carbocycles. The summed E-state index contributed by atoms with van der Waals surface area (Å²) in [7, 11) is 0. The fourth-order valence-corrected chi connectivity index (χ4v) is 3.96. The molecule has 0 saturated carbocycles. The number of carbonyl (C=O) groups excluding carboxylic acids is 2. The summed E-state index contributed by atoms with van der Waals surface area (Å²) in [4.78, 5) is 26.4. The Hall–Kier alpha value is -0.710. The van der Waals surface area contributed by atoms with Crippen LogP contribution in [0.15, 0.2) is 0 Å². The molecule has 0 atom stereocenters. The maximum absolute atomic E-state index is 12.7. The first kappa shape index (κ1) is 13.7. The molecular weight excluding hydrogens is 248 g/mol. The van der Waals surface area contributed by atoms with Gasteiger partial charge in [0.1, 0.15) is 5.54 Å². The van der Waals surface area contributed by atoms with Crippen LogP contribution in [-0.4, -0.2) is 46.3 Å². The molecule has 102 valence electrons. The van der Waals surface area contributed by atoms with E-state index >= 15 is 0 Å². The van der Waals surface area contributed by atoms with Gasteiger partial charge in [0.2, 0.25) is 11.8 Å². The third-order valence-corrected chi connectivity index (χ3v) is 5.25. The summed E-state index contributed by atoms with van der Waals surface area (Å²) in [6.07, 6.45) is 3.39. The van der Waals surface area contributed by atoms with Crippen molar-refractivity contribution in [3.05, 3.63) is 0 Å². The average Bonchev–Trinajstić information content (AvgIpc) is 2.42. The molecule has 2 amide bonds. The van der Waals surface area contributed by atoms with Crippen molar-refractivity contribution >= 4 is 23.6 Å². The molecule has 0 radical (unpaired) electrons. The molecule has 2 fully saturated rings. The Labute approximate surface area is 113 Å². The molecule has 0 unspecified atom stereocenters. The second-order valence-electron chi connectivity index (χ2n) is 5.11. The van der Waals surface area contributed by atoms with Crippen molar-refractivity contribution in [2.45, 2.75) is 51.1 Å². The number of carbonyl (C=O) groups is 2. The maximum atomic E-state index is 12.7. The van der Waals surface area contributed by atoms with Gasteiger partial charge in [0, 0.05) is 6.04 Å². The van der Waals surface area contributed by atoms with Gasteiger partial charge in [0.15, 0.2) is 0 Å². The number of nitrogens with zero attached hydrogens (tertiary/aromatic N) is 1. The summed E-state index contributed by atoms with van der Waals surface area (Å²) in [5, 5.41) is 2.91. The van der Waals surface area contributed by atoms with Gasteiger partial charge in [-0.25, -0.2) is 0 Å². The van der Waals surface area contributed by atoms with Crippen LogP contribution in [0.1, 0.15) is 39.5 Å². The predicted octanol–water partition coefficient (Wildman–Crippen LogP) is 1.40. The third-order valence-electron chi connectivity index (χ3n) is 4.20. The maximum Gasteiger partial charge on any atom is 0.249 e. The zero-order chi connectivity index (χ0) is 13.2. The Morgan fingerprint density at radius 2 is 1.89 bits per heavy atom. The van der Waals surface area contributed by atoms with Crippen molar-refractivity contribution in [3.63, 3.8) is 0 Å². The Balaban J connectivity index is 2.19. The molecule has 1 N–H and O–H groups in total. The van der Waals surface area contributed by atoms with E-state index in [9.17, 15) is 9.59 Å². The lowest BCUT2D eigenvalue weighted by atomic mass is 9.87. The highest BCUT2D eigenvalue weighted by atomic mass is 32.2. The van der Waals surface area contributed by atoms with Crippen molar-refractivity contribution < 1.29 is 9.59 Å². The molecular formula is C13H22N2O2S. The lowest BCUT2D eigenvalue weighted by Crippen LogP contribution is -2.68. The van der Waals surface area contributed by atoms with Crippen LogP contribution in [0, 0.1) is 0 Å². The zero-order valence-electron chi connectivity index (χ0n) is 11.2. The molecule has 18 heavy (non-hydrogen) atoms. The summed E-state index contributed by atoms with van der Waals surface area (Å²) >= 11 is 1.94. The standard InChI is InChI=1S/C13H22N2O2S/c1-3-13(4-2)12(17)15(9-11(16)14-13)10-5-7-18-8-6-10/h10H,3-9H2,1-2H3,(H,14,16). The summed E-state index contributed by atoms with van der Waals surface area (Å²) in [6.45, 7) is 4.19. The van der Waals surface area contributed by atoms with E-state index in [0.29, 0.717) is 12.8 Å². The summed E-state index contributed by atoms with van der Waals surface area (Å²) in [5.41, 5.74) is -0.653. The minimum atomic E-state index is -0.653. The zero-order valence-corrected chi connectivity index (χ0v) is 12.0. The topological polar surface area (TPSA) is 49.4 Å². The Kier molecular flexibility index (Phi) is 4.20. The summed E-state index contributed by atoms with van der Waals surface area (Å²) < 4.78 is 0. The first-order valence-corrected chi connectivity index (χ1v) is 7.98. The first-order valence-electron chi connectivity index (χ1n) is 6.83. The van der Waals surface area contributed by atoms with Crippen LogP contribution in [0.2, 0.25) is 0 Å². The third kappa shape index (κ3) is 2.37. The van der Waals surface area contributed by atoms with E-state index in [4.69, 9.17) is 0 Å².